The lowest BCUT2D eigenvalue weighted by Gasteiger charge is -2.43. The molecule has 5 atom stereocenters. The predicted octanol–water partition coefficient (Wildman–Crippen LogP) is 1.06. The van der Waals surface area contributed by atoms with E-state index in [1.165, 1.54) is 24.3 Å². The van der Waals surface area contributed by atoms with Crippen LogP contribution in [-0.2, 0) is 42.9 Å². The summed E-state index contributed by atoms with van der Waals surface area (Å²) >= 11 is 0. The molecule has 0 N–H and O–H groups in total. The summed E-state index contributed by atoms with van der Waals surface area (Å²) in [5.41, 5.74) is -0.191. The minimum Gasteiger partial charge on any atom is -0.463 e. The summed E-state index contributed by atoms with van der Waals surface area (Å²) in [5, 5.41) is 10.9. The van der Waals surface area contributed by atoms with Crippen LogP contribution in [0.1, 0.15) is 27.7 Å². The summed E-state index contributed by atoms with van der Waals surface area (Å²) in [6.07, 6.45) is -6.69. The molecule has 0 bridgehead atoms. The topological polar surface area (TPSA) is 167 Å². The highest BCUT2D eigenvalue weighted by molar-refractivity contribution is 5.68. The minimum atomic E-state index is -1.42. The molecule has 13 heteroatoms. The molecule has 33 heavy (non-hydrogen) atoms. The fourth-order valence-corrected chi connectivity index (χ4v) is 3.06. The molecular weight excluding hydrogens is 446 g/mol. The average molecular weight is 469 g/mol. The van der Waals surface area contributed by atoms with Crippen molar-refractivity contribution in [2.45, 2.75) is 58.4 Å². The van der Waals surface area contributed by atoms with Gasteiger partial charge in [-0.15, -0.1) is 0 Å². The second-order valence-electron chi connectivity index (χ2n) is 6.94. The molecule has 0 unspecified atom stereocenters. The van der Waals surface area contributed by atoms with Crippen LogP contribution < -0.4 is 4.74 Å². The summed E-state index contributed by atoms with van der Waals surface area (Å²) in [6, 6.07) is 4.93. The zero-order chi connectivity index (χ0) is 24.7. The predicted molar refractivity (Wildman–Crippen MR) is 106 cm³/mol. The molecule has 1 saturated heterocycles. The van der Waals surface area contributed by atoms with Gasteiger partial charge in [0.25, 0.3) is 5.69 Å². The van der Waals surface area contributed by atoms with Gasteiger partial charge in [0.05, 0.1) is 4.92 Å². The van der Waals surface area contributed by atoms with Crippen LogP contribution in [0.25, 0.3) is 0 Å². The van der Waals surface area contributed by atoms with Gasteiger partial charge in [-0.05, 0) is 12.1 Å². The molecule has 1 heterocycles. The SMILES string of the molecule is CC(=O)OC[C@@H]1O[C@@H](Oc2ccc([N+](=O)[O-])cc2)[C@H](OC(C)=O)[C@@H](OC(C)=O)[C@@H]1OC(C)=O. The van der Waals surface area contributed by atoms with Crippen molar-refractivity contribution in [2.75, 3.05) is 6.61 Å². The number of esters is 4. The van der Waals surface area contributed by atoms with E-state index in [0.29, 0.717) is 0 Å². The Morgan fingerprint density at radius 1 is 0.848 bits per heavy atom. The van der Waals surface area contributed by atoms with Crippen molar-refractivity contribution in [1.29, 1.82) is 0 Å². The number of hydrogen-bond donors (Lipinski definition) is 0. The van der Waals surface area contributed by atoms with Gasteiger partial charge in [0, 0.05) is 39.8 Å². The quantitative estimate of drug-likeness (QED) is 0.230. The fraction of sp³-hybridized carbons (Fsp3) is 0.500. The van der Waals surface area contributed by atoms with Crippen LogP contribution in [0.15, 0.2) is 24.3 Å². The van der Waals surface area contributed by atoms with E-state index in [1.54, 1.807) is 0 Å². The first-order valence-corrected chi connectivity index (χ1v) is 9.69. The van der Waals surface area contributed by atoms with E-state index in [0.717, 1.165) is 27.7 Å². The zero-order valence-corrected chi connectivity index (χ0v) is 18.2. The Bertz CT molecular complexity index is 899. The average Bonchev–Trinajstić information content (AvgIpc) is 2.70. The first-order valence-electron chi connectivity index (χ1n) is 9.69. The number of benzene rings is 1. The van der Waals surface area contributed by atoms with Crippen LogP contribution in [0.5, 0.6) is 5.75 Å². The molecule has 1 aliphatic rings. The van der Waals surface area contributed by atoms with Crippen LogP contribution in [0, 0.1) is 10.1 Å². The van der Waals surface area contributed by atoms with E-state index in [2.05, 4.69) is 0 Å². The third-order valence-corrected chi connectivity index (χ3v) is 4.25. The molecule has 0 radical (unpaired) electrons. The second-order valence-corrected chi connectivity index (χ2v) is 6.94. The van der Waals surface area contributed by atoms with Crippen LogP contribution in [0.4, 0.5) is 5.69 Å². The highest BCUT2D eigenvalue weighted by atomic mass is 16.7. The Kier molecular flexibility index (Phi) is 8.68. The highest BCUT2D eigenvalue weighted by Gasteiger charge is 2.53. The third kappa shape index (κ3) is 7.42. The largest absolute Gasteiger partial charge is 0.463 e. The smallest absolute Gasteiger partial charge is 0.303 e. The van der Waals surface area contributed by atoms with Gasteiger partial charge < -0.3 is 28.4 Å². The Morgan fingerprint density at radius 2 is 1.36 bits per heavy atom. The molecule has 2 rings (SSSR count). The van der Waals surface area contributed by atoms with Gasteiger partial charge in [-0.3, -0.25) is 29.3 Å². The summed E-state index contributed by atoms with van der Waals surface area (Å²) in [6.45, 7) is 4.05. The van der Waals surface area contributed by atoms with Crippen LogP contribution in [0.3, 0.4) is 0 Å². The molecule has 0 amide bonds. The third-order valence-electron chi connectivity index (χ3n) is 4.25. The number of hydrogen-bond acceptors (Lipinski definition) is 12. The van der Waals surface area contributed by atoms with E-state index in [1.807, 2.05) is 0 Å². The van der Waals surface area contributed by atoms with Crippen LogP contribution in [-0.4, -0.2) is 66.1 Å². The van der Waals surface area contributed by atoms with Gasteiger partial charge in [0.2, 0.25) is 12.4 Å². The monoisotopic (exact) mass is 469 g/mol. The lowest BCUT2D eigenvalue weighted by molar-refractivity contribution is -0.384. The summed E-state index contributed by atoms with van der Waals surface area (Å²) in [5.74, 6) is -2.87. The van der Waals surface area contributed by atoms with Gasteiger partial charge in [-0.25, -0.2) is 0 Å². The number of non-ortho nitro benzene ring substituents is 1. The van der Waals surface area contributed by atoms with E-state index in [4.69, 9.17) is 28.4 Å². The van der Waals surface area contributed by atoms with E-state index < -0.39 is 66.1 Å². The molecule has 1 aliphatic heterocycles. The minimum absolute atomic E-state index is 0.0986. The highest BCUT2D eigenvalue weighted by Crippen LogP contribution is 2.31. The standard InChI is InChI=1S/C20H23NO12/c1-10(22)28-9-16-17(29-11(2)23)18(30-12(3)24)19(31-13(4)25)20(33-16)32-15-7-5-14(6-8-15)21(26)27/h5-8,16-20H,9H2,1-4H3/t16-,17+,18-,19+,20+/m0/s1. The van der Waals surface area contributed by atoms with Crippen molar-refractivity contribution in [3.63, 3.8) is 0 Å². The maximum atomic E-state index is 11.8. The normalized spacial score (nSPS) is 24.2. The number of nitro groups is 1. The number of nitrogens with zero attached hydrogens (tertiary/aromatic N) is 1. The molecule has 180 valence electrons. The van der Waals surface area contributed by atoms with Gasteiger partial charge in [0.15, 0.2) is 12.2 Å². The van der Waals surface area contributed by atoms with Crippen LogP contribution in [0.2, 0.25) is 0 Å². The Labute approximate surface area is 188 Å². The first-order chi connectivity index (χ1) is 15.5. The van der Waals surface area contributed by atoms with E-state index in [9.17, 15) is 29.3 Å². The number of rotatable bonds is 8. The molecule has 0 aromatic heterocycles. The molecule has 1 aromatic rings. The molecule has 0 saturated carbocycles. The van der Waals surface area contributed by atoms with Gasteiger partial charge in [-0.1, -0.05) is 0 Å². The molecule has 13 nitrogen and oxygen atoms in total. The van der Waals surface area contributed by atoms with Crippen molar-refractivity contribution in [3.8, 4) is 5.75 Å². The van der Waals surface area contributed by atoms with Crippen molar-refractivity contribution < 1.29 is 52.5 Å². The molecular formula is C20H23NO12. The molecule has 0 spiro atoms. The summed E-state index contributed by atoms with van der Waals surface area (Å²) < 4.78 is 32.3. The van der Waals surface area contributed by atoms with Crippen LogP contribution >= 0.6 is 0 Å². The first kappa shape index (κ1) is 25.5. The van der Waals surface area contributed by atoms with Crippen molar-refractivity contribution in [2.24, 2.45) is 0 Å². The molecule has 1 aromatic carbocycles. The zero-order valence-electron chi connectivity index (χ0n) is 18.2. The Hall–Kier alpha value is -3.74. The van der Waals surface area contributed by atoms with E-state index >= 15 is 0 Å². The maximum absolute atomic E-state index is 11.8. The van der Waals surface area contributed by atoms with Gasteiger partial charge in [0.1, 0.15) is 18.5 Å². The Balaban J connectivity index is 2.43. The Morgan fingerprint density at radius 3 is 1.85 bits per heavy atom. The molecule has 1 fully saturated rings. The summed E-state index contributed by atoms with van der Waals surface area (Å²) in [4.78, 5) is 56.8. The number of nitro benzene ring substituents is 1. The lowest BCUT2D eigenvalue weighted by Crippen LogP contribution is -2.63. The molecule has 0 aliphatic carbocycles. The van der Waals surface area contributed by atoms with Crippen molar-refractivity contribution in [3.05, 3.63) is 34.4 Å². The number of ether oxygens (including phenoxy) is 6. The second kappa shape index (κ2) is 11.2. The summed E-state index contributed by atoms with van der Waals surface area (Å²) in [7, 11) is 0. The van der Waals surface area contributed by atoms with Gasteiger partial charge >= 0.3 is 23.9 Å². The van der Waals surface area contributed by atoms with Crippen molar-refractivity contribution in [1.82, 2.24) is 0 Å². The van der Waals surface area contributed by atoms with E-state index in [-0.39, 0.29) is 11.4 Å². The lowest BCUT2D eigenvalue weighted by atomic mass is 9.98. The number of carbonyl (C=O) groups is 4. The number of carbonyl (C=O) groups excluding carboxylic acids is 4. The fourth-order valence-electron chi connectivity index (χ4n) is 3.06. The van der Waals surface area contributed by atoms with Gasteiger partial charge in [-0.2, -0.15) is 0 Å². The van der Waals surface area contributed by atoms with Crippen molar-refractivity contribution >= 4 is 29.6 Å². The maximum Gasteiger partial charge on any atom is 0.303 e.